The highest BCUT2D eigenvalue weighted by atomic mass is 16.1. The first kappa shape index (κ1) is 12.1. The third-order valence-corrected chi connectivity index (χ3v) is 4.55. The highest BCUT2D eigenvalue weighted by Gasteiger charge is 2.34. The molecule has 2 fully saturated rings. The van der Waals surface area contributed by atoms with Gasteiger partial charge in [0.1, 0.15) is 5.78 Å². The molecule has 2 aliphatic carbocycles. The smallest absolute Gasteiger partial charge is 0.132 e. The van der Waals surface area contributed by atoms with Crippen molar-refractivity contribution in [2.75, 3.05) is 14.1 Å². The molecule has 0 aromatic heterocycles. The summed E-state index contributed by atoms with van der Waals surface area (Å²) in [6.45, 7) is 0. The van der Waals surface area contributed by atoms with Gasteiger partial charge in [-0.15, -0.1) is 0 Å². The predicted molar refractivity (Wildman–Crippen MR) is 66.4 cm³/mol. The third kappa shape index (κ3) is 2.65. The SMILES string of the molecule is CN(C)C(C1CCCC1)C1CCC(=O)CC1. The molecule has 0 heterocycles. The van der Waals surface area contributed by atoms with E-state index in [9.17, 15) is 4.79 Å². The Labute approximate surface area is 99.4 Å². The number of hydrogen-bond donors (Lipinski definition) is 0. The largest absolute Gasteiger partial charge is 0.306 e. The Morgan fingerprint density at radius 2 is 1.50 bits per heavy atom. The van der Waals surface area contributed by atoms with Crippen molar-refractivity contribution in [3.63, 3.8) is 0 Å². The van der Waals surface area contributed by atoms with Crippen molar-refractivity contribution in [2.45, 2.75) is 57.4 Å². The van der Waals surface area contributed by atoms with Crippen molar-refractivity contribution in [2.24, 2.45) is 11.8 Å². The van der Waals surface area contributed by atoms with Gasteiger partial charge in [0, 0.05) is 18.9 Å². The Balaban J connectivity index is 1.98. The van der Waals surface area contributed by atoms with Gasteiger partial charge in [-0.3, -0.25) is 4.79 Å². The second kappa shape index (κ2) is 5.31. The molecule has 0 aliphatic heterocycles. The number of carbonyl (C=O) groups excluding carboxylic acids is 1. The summed E-state index contributed by atoms with van der Waals surface area (Å²) in [5.74, 6) is 2.16. The molecule has 1 atom stereocenters. The van der Waals surface area contributed by atoms with Gasteiger partial charge in [-0.1, -0.05) is 12.8 Å². The summed E-state index contributed by atoms with van der Waals surface area (Å²) in [6, 6.07) is 0.732. The first-order valence-corrected chi connectivity index (χ1v) is 6.86. The van der Waals surface area contributed by atoms with E-state index >= 15 is 0 Å². The first-order valence-electron chi connectivity index (χ1n) is 6.86. The summed E-state index contributed by atoms with van der Waals surface area (Å²) in [5, 5.41) is 0. The van der Waals surface area contributed by atoms with Crippen LogP contribution in [0.4, 0.5) is 0 Å². The molecule has 2 rings (SSSR count). The second-order valence-electron chi connectivity index (χ2n) is 5.87. The Morgan fingerprint density at radius 1 is 1.00 bits per heavy atom. The van der Waals surface area contributed by atoms with Crippen molar-refractivity contribution in [3.8, 4) is 0 Å². The van der Waals surface area contributed by atoms with Crippen LogP contribution in [0.25, 0.3) is 0 Å². The van der Waals surface area contributed by atoms with Crippen molar-refractivity contribution in [1.82, 2.24) is 4.90 Å². The molecule has 0 bridgehead atoms. The van der Waals surface area contributed by atoms with Crippen LogP contribution in [0.5, 0.6) is 0 Å². The van der Waals surface area contributed by atoms with E-state index in [1.165, 1.54) is 25.7 Å². The van der Waals surface area contributed by atoms with E-state index in [1.807, 2.05) is 0 Å². The Kier molecular flexibility index (Phi) is 4.01. The number of Topliss-reactive ketones (excluding diaryl/α,β-unsaturated/α-hetero) is 1. The number of hydrogen-bond acceptors (Lipinski definition) is 2. The summed E-state index contributed by atoms with van der Waals surface area (Å²) in [4.78, 5) is 13.7. The molecule has 0 spiro atoms. The minimum absolute atomic E-state index is 0.486. The summed E-state index contributed by atoms with van der Waals surface area (Å²) in [6.07, 6.45) is 9.60. The number of carbonyl (C=O) groups is 1. The Hall–Kier alpha value is -0.370. The third-order valence-electron chi connectivity index (χ3n) is 4.55. The summed E-state index contributed by atoms with van der Waals surface area (Å²) >= 11 is 0. The minimum atomic E-state index is 0.486. The molecule has 0 saturated heterocycles. The van der Waals surface area contributed by atoms with Gasteiger partial charge in [0.2, 0.25) is 0 Å². The fourth-order valence-electron chi connectivity index (χ4n) is 3.83. The molecule has 2 heteroatoms. The lowest BCUT2D eigenvalue weighted by Gasteiger charge is -2.38. The van der Waals surface area contributed by atoms with Crippen molar-refractivity contribution >= 4 is 5.78 Å². The Bertz CT molecular complexity index is 233. The molecule has 0 aromatic rings. The fraction of sp³-hybridized carbons (Fsp3) is 0.929. The molecule has 92 valence electrons. The average molecular weight is 223 g/mol. The molecule has 0 N–H and O–H groups in total. The highest BCUT2D eigenvalue weighted by molar-refractivity contribution is 5.79. The standard InChI is InChI=1S/C14H25NO/c1-15(2)14(11-5-3-4-6-11)12-7-9-13(16)10-8-12/h11-12,14H,3-10H2,1-2H3. The zero-order valence-electron chi connectivity index (χ0n) is 10.7. The monoisotopic (exact) mass is 223 g/mol. The van der Waals surface area contributed by atoms with Crippen LogP contribution in [0.2, 0.25) is 0 Å². The maximum Gasteiger partial charge on any atom is 0.132 e. The van der Waals surface area contributed by atoms with Gasteiger partial charge >= 0.3 is 0 Å². The molecule has 2 saturated carbocycles. The van der Waals surface area contributed by atoms with E-state index in [-0.39, 0.29) is 0 Å². The summed E-state index contributed by atoms with van der Waals surface area (Å²) < 4.78 is 0. The van der Waals surface area contributed by atoms with Crippen LogP contribution in [0.15, 0.2) is 0 Å². The van der Waals surface area contributed by atoms with Gasteiger partial charge in [0.05, 0.1) is 0 Å². The maximum atomic E-state index is 11.3. The van der Waals surface area contributed by atoms with E-state index in [0.717, 1.165) is 43.6 Å². The maximum absolute atomic E-state index is 11.3. The molecular weight excluding hydrogens is 198 g/mol. The van der Waals surface area contributed by atoms with E-state index in [4.69, 9.17) is 0 Å². The number of rotatable bonds is 3. The molecule has 1 unspecified atom stereocenters. The van der Waals surface area contributed by atoms with E-state index in [1.54, 1.807) is 0 Å². The van der Waals surface area contributed by atoms with Gasteiger partial charge in [0.25, 0.3) is 0 Å². The summed E-state index contributed by atoms with van der Waals surface area (Å²) in [7, 11) is 4.44. The van der Waals surface area contributed by atoms with Crippen LogP contribution >= 0.6 is 0 Å². The lowest BCUT2D eigenvalue weighted by molar-refractivity contribution is -0.121. The van der Waals surface area contributed by atoms with E-state index < -0.39 is 0 Å². The van der Waals surface area contributed by atoms with Gasteiger partial charge < -0.3 is 4.90 Å². The Morgan fingerprint density at radius 3 is 2.00 bits per heavy atom. The lowest BCUT2D eigenvalue weighted by atomic mass is 9.77. The topological polar surface area (TPSA) is 20.3 Å². The number of ketones is 1. The molecule has 16 heavy (non-hydrogen) atoms. The second-order valence-corrected chi connectivity index (χ2v) is 5.87. The van der Waals surface area contributed by atoms with Crippen LogP contribution in [-0.2, 0) is 4.79 Å². The van der Waals surface area contributed by atoms with Crippen molar-refractivity contribution in [1.29, 1.82) is 0 Å². The zero-order valence-corrected chi connectivity index (χ0v) is 10.7. The summed E-state index contributed by atoms with van der Waals surface area (Å²) in [5.41, 5.74) is 0. The molecular formula is C14H25NO. The van der Waals surface area contributed by atoms with Gasteiger partial charge in [-0.25, -0.2) is 0 Å². The molecule has 0 radical (unpaired) electrons. The lowest BCUT2D eigenvalue weighted by Crippen LogP contribution is -2.42. The predicted octanol–water partition coefficient (Wildman–Crippen LogP) is 2.87. The normalized spacial score (nSPS) is 26.6. The quantitative estimate of drug-likeness (QED) is 0.733. The van der Waals surface area contributed by atoms with Crippen LogP contribution in [0, 0.1) is 11.8 Å². The zero-order chi connectivity index (χ0) is 11.5. The van der Waals surface area contributed by atoms with Gasteiger partial charge in [-0.2, -0.15) is 0 Å². The van der Waals surface area contributed by atoms with Crippen LogP contribution in [-0.4, -0.2) is 30.8 Å². The van der Waals surface area contributed by atoms with Crippen LogP contribution in [0.1, 0.15) is 51.4 Å². The number of nitrogens with zero attached hydrogens (tertiary/aromatic N) is 1. The highest BCUT2D eigenvalue weighted by Crippen LogP contribution is 2.37. The molecule has 2 aliphatic rings. The molecule has 0 amide bonds. The van der Waals surface area contributed by atoms with Crippen LogP contribution < -0.4 is 0 Å². The van der Waals surface area contributed by atoms with Crippen molar-refractivity contribution < 1.29 is 4.79 Å². The molecule has 0 aromatic carbocycles. The molecule has 2 nitrogen and oxygen atoms in total. The van der Waals surface area contributed by atoms with E-state index in [2.05, 4.69) is 19.0 Å². The first-order chi connectivity index (χ1) is 7.68. The van der Waals surface area contributed by atoms with Crippen molar-refractivity contribution in [3.05, 3.63) is 0 Å². The fourth-order valence-corrected chi connectivity index (χ4v) is 3.83. The van der Waals surface area contributed by atoms with Gasteiger partial charge in [-0.05, 0) is 51.6 Å². The van der Waals surface area contributed by atoms with Crippen LogP contribution in [0.3, 0.4) is 0 Å². The minimum Gasteiger partial charge on any atom is -0.306 e. The average Bonchev–Trinajstić information content (AvgIpc) is 2.74. The van der Waals surface area contributed by atoms with E-state index in [0.29, 0.717) is 5.78 Å². The van der Waals surface area contributed by atoms with Gasteiger partial charge in [0.15, 0.2) is 0 Å².